The Morgan fingerprint density at radius 2 is 2.13 bits per heavy atom. The maximum Gasteiger partial charge on any atom is 0.267 e. The van der Waals surface area contributed by atoms with Gasteiger partial charge in [0, 0.05) is 19.2 Å². The summed E-state index contributed by atoms with van der Waals surface area (Å²) in [7, 11) is 3.80. The lowest BCUT2D eigenvalue weighted by atomic mass is 9.92. The summed E-state index contributed by atoms with van der Waals surface area (Å²) in [5.74, 6) is -0.181. The molecule has 0 spiro atoms. The zero-order chi connectivity index (χ0) is 17.2. The van der Waals surface area contributed by atoms with Gasteiger partial charge in [-0.15, -0.1) is 0 Å². The van der Waals surface area contributed by atoms with Crippen LogP contribution in [0.5, 0.6) is 0 Å². The van der Waals surface area contributed by atoms with Crippen molar-refractivity contribution in [2.24, 2.45) is 0 Å². The van der Waals surface area contributed by atoms with E-state index < -0.39 is 5.60 Å². The van der Waals surface area contributed by atoms with Crippen molar-refractivity contribution in [2.75, 3.05) is 33.7 Å². The Hall–Kier alpha value is -1.73. The van der Waals surface area contributed by atoms with E-state index in [1.165, 1.54) is 10.7 Å². The summed E-state index contributed by atoms with van der Waals surface area (Å²) in [6.07, 6.45) is 1.43. The number of likely N-dealkylation sites (tertiary alicyclic amines) is 1. The molecule has 1 aliphatic rings. The minimum Gasteiger partial charge on any atom is -0.387 e. The third kappa shape index (κ3) is 4.39. The molecular weight excluding hydrogens is 296 g/mol. The van der Waals surface area contributed by atoms with Gasteiger partial charge in [-0.25, -0.2) is 4.68 Å². The van der Waals surface area contributed by atoms with Crippen LogP contribution >= 0.6 is 0 Å². The van der Waals surface area contributed by atoms with Gasteiger partial charge in [0.2, 0.25) is 5.91 Å². The predicted molar refractivity (Wildman–Crippen MR) is 87.3 cm³/mol. The van der Waals surface area contributed by atoms with E-state index in [0.29, 0.717) is 26.1 Å². The predicted octanol–water partition coefficient (Wildman–Crippen LogP) is -0.225. The van der Waals surface area contributed by atoms with Crippen molar-refractivity contribution in [3.8, 4) is 0 Å². The first-order chi connectivity index (χ1) is 10.7. The topological polar surface area (TPSA) is 78.7 Å². The number of piperidine rings is 1. The van der Waals surface area contributed by atoms with Gasteiger partial charge in [0.25, 0.3) is 5.56 Å². The van der Waals surface area contributed by atoms with Crippen molar-refractivity contribution < 1.29 is 9.90 Å². The van der Waals surface area contributed by atoms with Gasteiger partial charge < -0.3 is 14.9 Å². The van der Waals surface area contributed by atoms with E-state index in [-0.39, 0.29) is 18.0 Å². The van der Waals surface area contributed by atoms with E-state index in [1.54, 1.807) is 4.90 Å². The van der Waals surface area contributed by atoms with E-state index in [9.17, 15) is 14.7 Å². The molecule has 1 atom stereocenters. The molecule has 0 bridgehead atoms. The van der Waals surface area contributed by atoms with Crippen LogP contribution in [0.3, 0.4) is 0 Å². The van der Waals surface area contributed by atoms with E-state index in [0.717, 1.165) is 17.7 Å². The number of aliphatic hydroxyl groups is 1. The first-order valence-corrected chi connectivity index (χ1v) is 7.90. The Balaban J connectivity index is 2.09. The highest BCUT2D eigenvalue weighted by atomic mass is 16.3. The molecule has 23 heavy (non-hydrogen) atoms. The van der Waals surface area contributed by atoms with Crippen LogP contribution in [0.1, 0.15) is 24.1 Å². The van der Waals surface area contributed by atoms with Crippen molar-refractivity contribution in [3.63, 3.8) is 0 Å². The fourth-order valence-electron chi connectivity index (χ4n) is 3.06. The normalized spacial score (nSPS) is 21.7. The number of aryl methyl sites for hydroxylation is 2. The van der Waals surface area contributed by atoms with Gasteiger partial charge in [0.1, 0.15) is 6.54 Å². The summed E-state index contributed by atoms with van der Waals surface area (Å²) in [5, 5.41) is 14.8. The summed E-state index contributed by atoms with van der Waals surface area (Å²) in [4.78, 5) is 28.0. The zero-order valence-electron chi connectivity index (χ0n) is 14.4. The molecule has 0 radical (unpaired) electrons. The molecule has 0 aliphatic carbocycles. The van der Waals surface area contributed by atoms with Gasteiger partial charge in [-0.05, 0) is 46.3 Å². The highest BCUT2D eigenvalue weighted by Crippen LogP contribution is 2.22. The maximum absolute atomic E-state index is 12.5. The number of aromatic nitrogens is 2. The summed E-state index contributed by atoms with van der Waals surface area (Å²) >= 11 is 0. The minimum absolute atomic E-state index is 0.0853. The molecule has 2 heterocycles. The Bertz CT molecular complexity index is 641. The number of carbonyl (C=O) groups excluding carboxylic acids is 1. The van der Waals surface area contributed by atoms with Crippen molar-refractivity contribution in [2.45, 2.75) is 38.8 Å². The van der Waals surface area contributed by atoms with Crippen LogP contribution in [0.4, 0.5) is 0 Å². The fraction of sp³-hybridized carbons (Fsp3) is 0.688. The van der Waals surface area contributed by atoms with Crippen LogP contribution < -0.4 is 5.56 Å². The number of nitrogens with zero attached hydrogens (tertiary/aromatic N) is 4. The number of β-amino-alcohol motifs (C(OH)–C–C–N with tert-alkyl or cyclic N) is 1. The lowest BCUT2D eigenvalue weighted by molar-refractivity contribution is -0.140. The number of rotatable bonds is 4. The molecule has 0 aromatic carbocycles. The summed E-state index contributed by atoms with van der Waals surface area (Å²) in [5.41, 5.74) is 0.387. The van der Waals surface area contributed by atoms with Gasteiger partial charge in [-0.2, -0.15) is 5.10 Å². The van der Waals surface area contributed by atoms with Crippen molar-refractivity contribution in [1.82, 2.24) is 19.6 Å². The molecular formula is C16H26N4O3. The Morgan fingerprint density at radius 3 is 2.78 bits per heavy atom. The number of amides is 1. The van der Waals surface area contributed by atoms with E-state index in [4.69, 9.17) is 0 Å². The molecule has 1 aromatic rings. The van der Waals surface area contributed by atoms with Crippen LogP contribution in [0, 0.1) is 13.8 Å². The SMILES string of the molecule is Cc1cc(=O)n(CC(=O)N2CCC[C@](O)(CN(C)C)C2)nc1C. The maximum atomic E-state index is 12.5. The monoisotopic (exact) mass is 322 g/mol. The second-order valence-electron chi connectivity index (χ2n) is 6.79. The minimum atomic E-state index is -0.890. The van der Waals surface area contributed by atoms with Gasteiger partial charge in [-0.1, -0.05) is 0 Å². The summed E-state index contributed by atoms with van der Waals surface area (Å²) in [6, 6.07) is 1.49. The number of likely N-dealkylation sites (N-methyl/N-ethyl adjacent to an activating group) is 1. The van der Waals surface area contributed by atoms with Gasteiger partial charge in [0.05, 0.1) is 17.8 Å². The van der Waals surface area contributed by atoms with Crippen molar-refractivity contribution in [3.05, 3.63) is 27.7 Å². The summed E-state index contributed by atoms with van der Waals surface area (Å²) < 4.78 is 1.20. The van der Waals surface area contributed by atoms with Crippen LogP contribution in [-0.4, -0.2) is 69.9 Å². The van der Waals surface area contributed by atoms with Crippen LogP contribution in [0.2, 0.25) is 0 Å². The molecule has 1 amide bonds. The molecule has 1 N–H and O–H groups in total. The average Bonchev–Trinajstić information content (AvgIpc) is 2.43. The van der Waals surface area contributed by atoms with Crippen LogP contribution in [0.15, 0.2) is 10.9 Å². The van der Waals surface area contributed by atoms with E-state index >= 15 is 0 Å². The van der Waals surface area contributed by atoms with Crippen LogP contribution in [-0.2, 0) is 11.3 Å². The molecule has 1 fully saturated rings. The van der Waals surface area contributed by atoms with Crippen molar-refractivity contribution >= 4 is 5.91 Å². The number of hydrogen-bond acceptors (Lipinski definition) is 5. The van der Waals surface area contributed by atoms with Gasteiger partial charge in [0.15, 0.2) is 0 Å². The zero-order valence-corrected chi connectivity index (χ0v) is 14.4. The molecule has 0 saturated carbocycles. The highest BCUT2D eigenvalue weighted by molar-refractivity contribution is 5.76. The molecule has 7 heteroatoms. The molecule has 128 valence electrons. The smallest absolute Gasteiger partial charge is 0.267 e. The van der Waals surface area contributed by atoms with Gasteiger partial charge >= 0.3 is 0 Å². The molecule has 1 aromatic heterocycles. The molecule has 1 saturated heterocycles. The quantitative estimate of drug-likeness (QED) is 0.829. The molecule has 7 nitrogen and oxygen atoms in total. The highest BCUT2D eigenvalue weighted by Gasteiger charge is 2.35. The third-order valence-electron chi connectivity index (χ3n) is 4.24. The third-order valence-corrected chi connectivity index (χ3v) is 4.24. The Morgan fingerprint density at radius 1 is 1.43 bits per heavy atom. The largest absolute Gasteiger partial charge is 0.387 e. The lowest BCUT2D eigenvalue weighted by Crippen LogP contribution is -2.55. The first-order valence-electron chi connectivity index (χ1n) is 7.90. The number of hydrogen-bond donors (Lipinski definition) is 1. The van der Waals surface area contributed by atoms with Gasteiger partial charge in [-0.3, -0.25) is 9.59 Å². The standard InChI is InChI=1S/C16H26N4O3/c1-12-8-14(21)20(17-13(12)2)9-15(22)19-7-5-6-16(23,11-19)10-18(3)4/h8,23H,5-7,9-11H2,1-4H3/t16-/m0/s1. The lowest BCUT2D eigenvalue weighted by Gasteiger charge is -2.40. The Labute approximate surface area is 136 Å². The first kappa shape index (κ1) is 17.6. The second kappa shape index (κ2) is 6.80. The summed E-state index contributed by atoms with van der Waals surface area (Å²) in [6.45, 7) is 4.96. The number of carbonyl (C=O) groups is 1. The van der Waals surface area contributed by atoms with E-state index in [1.807, 2.05) is 32.8 Å². The molecule has 1 aliphatic heterocycles. The second-order valence-corrected chi connectivity index (χ2v) is 6.79. The fourth-order valence-corrected chi connectivity index (χ4v) is 3.06. The Kier molecular flexibility index (Phi) is 5.21. The average molecular weight is 322 g/mol. The molecule has 2 rings (SSSR count). The van der Waals surface area contributed by atoms with Crippen LogP contribution in [0.25, 0.3) is 0 Å². The van der Waals surface area contributed by atoms with Crippen molar-refractivity contribution in [1.29, 1.82) is 0 Å². The molecule has 0 unspecified atom stereocenters. The van der Waals surface area contributed by atoms with E-state index in [2.05, 4.69) is 5.10 Å².